The molecule has 0 fully saturated rings. The zero-order chi connectivity index (χ0) is 14.7. The summed E-state index contributed by atoms with van der Waals surface area (Å²) in [6, 6.07) is 0. The monoisotopic (exact) mass is 284 g/mol. The Morgan fingerprint density at radius 3 is 2.67 bits per heavy atom. The van der Waals surface area contributed by atoms with Gasteiger partial charge in [-0.1, -0.05) is 6.92 Å². The number of imidazole rings is 2. The van der Waals surface area contributed by atoms with E-state index in [9.17, 15) is 0 Å². The molecular formula is C13H16N8. The first-order chi connectivity index (χ1) is 10.3. The van der Waals surface area contributed by atoms with Gasteiger partial charge in [-0.2, -0.15) is 15.0 Å². The number of hydrogen-bond acceptors (Lipinski definition) is 6. The Bertz CT molecular complexity index is 716. The standard InChI is InChI=1S/C13H16N8/c1-3-4-10-16-6-8-21(10)13-18-11(14-2)17-12(19-13)20-7-5-15-9-20/h5-9H,3-4H2,1-2H3,(H,14,17,18,19). The summed E-state index contributed by atoms with van der Waals surface area (Å²) in [6.07, 6.45) is 10.6. The number of hydrogen-bond donors (Lipinski definition) is 1. The van der Waals surface area contributed by atoms with Crippen molar-refractivity contribution in [2.24, 2.45) is 0 Å². The molecule has 8 nitrogen and oxygen atoms in total. The van der Waals surface area contributed by atoms with Gasteiger partial charge in [-0.3, -0.25) is 9.13 Å². The van der Waals surface area contributed by atoms with Gasteiger partial charge in [0.05, 0.1) is 0 Å². The number of aromatic nitrogens is 7. The van der Waals surface area contributed by atoms with E-state index in [1.807, 2.05) is 10.8 Å². The van der Waals surface area contributed by atoms with Gasteiger partial charge in [0.1, 0.15) is 12.2 Å². The van der Waals surface area contributed by atoms with E-state index in [1.54, 1.807) is 36.5 Å². The van der Waals surface area contributed by atoms with Crippen molar-refractivity contribution < 1.29 is 0 Å². The van der Waals surface area contributed by atoms with Crippen LogP contribution in [0.1, 0.15) is 19.2 Å². The smallest absolute Gasteiger partial charge is 0.241 e. The molecule has 0 aliphatic carbocycles. The Hall–Kier alpha value is -2.77. The van der Waals surface area contributed by atoms with Crippen molar-refractivity contribution in [3.8, 4) is 11.9 Å². The van der Waals surface area contributed by atoms with Gasteiger partial charge in [-0.05, 0) is 6.42 Å². The summed E-state index contributed by atoms with van der Waals surface area (Å²) in [5.41, 5.74) is 0. The molecule has 0 bridgehead atoms. The van der Waals surface area contributed by atoms with Crippen molar-refractivity contribution in [2.45, 2.75) is 19.8 Å². The Balaban J connectivity index is 2.09. The van der Waals surface area contributed by atoms with Crippen molar-refractivity contribution >= 4 is 5.95 Å². The van der Waals surface area contributed by atoms with Crippen LogP contribution < -0.4 is 5.32 Å². The molecule has 0 unspecified atom stereocenters. The number of rotatable bonds is 5. The van der Waals surface area contributed by atoms with E-state index < -0.39 is 0 Å². The lowest BCUT2D eigenvalue weighted by Crippen LogP contribution is -2.12. The maximum atomic E-state index is 4.49. The molecular weight excluding hydrogens is 268 g/mol. The predicted molar refractivity (Wildman–Crippen MR) is 77.6 cm³/mol. The van der Waals surface area contributed by atoms with Gasteiger partial charge in [0.2, 0.25) is 17.8 Å². The Morgan fingerprint density at radius 2 is 1.95 bits per heavy atom. The molecule has 21 heavy (non-hydrogen) atoms. The average Bonchev–Trinajstić information content (AvgIpc) is 3.18. The third-order valence-electron chi connectivity index (χ3n) is 2.98. The summed E-state index contributed by atoms with van der Waals surface area (Å²) in [5, 5.41) is 2.95. The maximum absolute atomic E-state index is 4.49. The number of nitrogens with zero attached hydrogens (tertiary/aromatic N) is 7. The quantitative estimate of drug-likeness (QED) is 0.758. The zero-order valence-electron chi connectivity index (χ0n) is 11.9. The van der Waals surface area contributed by atoms with Gasteiger partial charge in [0.15, 0.2) is 0 Å². The number of aryl methyl sites for hydroxylation is 1. The maximum Gasteiger partial charge on any atom is 0.241 e. The third kappa shape index (κ3) is 2.60. The van der Waals surface area contributed by atoms with Crippen molar-refractivity contribution in [2.75, 3.05) is 12.4 Å². The molecule has 0 atom stereocenters. The molecule has 0 aliphatic heterocycles. The highest BCUT2D eigenvalue weighted by Crippen LogP contribution is 2.12. The lowest BCUT2D eigenvalue weighted by molar-refractivity contribution is 0.767. The topological polar surface area (TPSA) is 86.3 Å². The van der Waals surface area contributed by atoms with Gasteiger partial charge in [-0.15, -0.1) is 0 Å². The second-order valence-corrected chi connectivity index (χ2v) is 4.44. The summed E-state index contributed by atoms with van der Waals surface area (Å²) in [5.74, 6) is 2.49. The summed E-state index contributed by atoms with van der Waals surface area (Å²) < 4.78 is 3.62. The van der Waals surface area contributed by atoms with Crippen LogP contribution in [0, 0.1) is 0 Å². The molecule has 0 aromatic carbocycles. The first-order valence-electron chi connectivity index (χ1n) is 6.76. The van der Waals surface area contributed by atoms with E-state index in [4.69, 9.17) is 0 Å². The molecule has 3 aromatic rings. The van der Waals surface area contributed by atoms with E-state index in [1.165, 1.54) is 0 Å². The molecule has 0 spiro atoms. The van der Waals surface area contributed by atoms with Crippen molar-refractivity contribution in [3.05, 3.63) is 36.9 Å². The molecule has 1 N–H and O–H groups in total. The van der Waals surface area contributed by atoms with E-state index in [0.29, 0.717) is 17.8 Å². The van der Waals surface area contributed by atoms with Crippen LogP contribution in [-0.2, 0) is 6.42 Å². The van der Waals surface area contributed by atoms with Crippen molar-refractivity contribution in [1.29, 1.82) is 0 Å². The van der Waals surface area contributed by atoms with Crippen LogP contribution in [0.25, 0.3) is 11.9 Å². The van der Waals surface area contributed by atoms with Gasteiger partial charge in [0.25, 0.3) is 0 Å². The normalized spacial score (nSPS) is 10.8. The predicted octanol–water partition coefficient (Wildman–Crippen LogP) is 1.24. The third-order valence-corrected chi connectivity index (χ3v) is 2.98. The average molecular weight is 284 g/mol. The lowest BCUT2D eigenvalue weighted by atomic mass is 10.3. The lowest BCUT2D eigenvalue weighted by Gasteiger charge is -2.09. The van der Waals surface area contributed by atoms with Crippen LogP contribution in [-0.4, -0.2) is 41.1 Å². The van der Waals surface area contributed by atoms with E-state index in [-0.39, 0.29) is 0 Å². The van der Waals surface area contributed by atoms with Crippen LogP contribution in [0.3, 0.4) is 0 Å². The summed E-state index contributed by atoms with van der Waals surface area (Å²) >= 11 is 0. The molecule has 0 aliphatic rings. The second-order valence-electron chi connectivity index (χ2n) is 4.44. The van der Waals surface area contributed by atoms with Gasteiger partial charge < -0.3 is 5.32 Å². The second kappa shape index (κ2) is 5.70. The fourth-order valence-corrected chi connectivity index (χ4v) is 1.99. The zero-order valence-corrected chi connectivity index (χ0v) is 11.9. The van der Waals surface area contributed by atoms with E-state index >= 15 is 0 Å². The SMILES string of the molecule is CCCc1nccn1-c1nc(NC)nc(-n2ccnc2)n1. The van der Waals surface area contributed by atoms with Gasteiger partial charge >= 0.3 is 0 Å². The van der Waals surface area contributed by atoms with Crippen LogP contribution >= 0.6 is 0 Å². The van der Waals surface area contributed by atoms with Crippen LogP contribution in [0.15, 0.2) is 31.1 Å². The highest BCUT2D eigenvalue weighted by molar-refractivity contribution is 5.33. The molecule has 108 valence electrons. The fraction of sp³-hybridized carbons (Fsp3) is 0.308. The summed E-state index contributed by atoms with van der Waals surface area (Å²) in [7, 11) is 1.78. The fourth-order valence-electron chi connectivity index (χ4n) is 1.99. The van der Waals surface area contributed by atoms with Crippen LogP contribution in [0.2, 0.25) is 0 Å². The molecule has 0 saturated carbocycles. The molecule has 8 heteroatoms. The molecule has 0 radical (unpaired) electrons. The molecule has 0 amide bonds. The highest BCUT2D eigenvalue weighted by atomic mass is 15.3. The first-order valence-corrected chi connectivity index (χ1v) is 6.76. The van der Waals surface area contributed by atoms with Gasteiger partial charge in [-0.25, -0.2) is 9.97 Å². The minimum atomic E-state index is 0.500. The molecule has 3 heterocycles. The van der Waals surface area contributed by atoms with E-state index in [0.717, 1.165) is 18.7 Å². The number of nitrogens with one attached hydrogen (secondary N) is 1. The molecule has 0 saturated heterocycles. The first kappa shape index (κ1) is 13.2. The molecule has 3 aromatic heterocycles. The highest BCUT2D eigenvalue weighted by Gasteiger charge is 2.11. The Morgan fingerprint density at radius 1 is 1.10 bits per heavy atom. The van der Waals surface area contributed by atoms with Crippen LogP contribution in [0.4, 0.5) is 5.95 Å². The minimum Gasteiger partial charge on any atom is -0.357 e. The van der Waals surface area contributed by atoms with Crippen molar-refractivity contribution in [3.63, 3.8) is 0 Å². The minimum absolute atomic E-state index is 0.500. The summed E-state index contributed by atoms with van der Waals surface area (Å²) in [6.45, 7) is 2.11. The van der Waals surface area contributed by atoms with E-state index in [2.05, 4.69) is 37.2 Å². The van der Waals surface area contributed by atoms with Gasteiger partial charge in [0, 0.05) is 38.3 Å². The summed E-state index contributed by atoms with van der Waals surface area (Å²) in [4.78, 5) is 21.6. The largest absolute Gasteiger partial charge is 0.357 e. The Labute approximate surface area is 121 Å². The number of anilines is 1. The van der Waals surface area contributed by atoms with Crippen LogP contribution in [0.5, 0.6) is 0 Å². The molecule has 3 rings (SSSR count). The van der Waals surface area contributed by atoms with Crippen molar-refractivity contribution in [1.82, 2.24) is 34.1 Å². The Kier molecular flexibility index (Phi) is 3.59.